The maximum atomic E-state index is 12.1. The molecule has 0 fully saturated rings. The quantitative estimate of drug-likeness (QED) is 0.587. The fourth-order valence-corrected chi connectivity index (χ4v) is 2.02. The second kappa shape index (κ2) is 5.32. The van der Waals surface area contributed by atoms with Crippen LogP contribution in [0.3, 0.4) is 0 Å². The van der Waals surface area contributed by atoms with Crippen LogP contribution in [0.4, 0.5) is 11.4 Å². The van der Waals surface area contributed by atoms with Crippen LogP contribution in [0.15, 0.2) is 40.9 Å². The molecule has 0 atom stereocenters. The van der Waals surface area contributed by atoms with Gasteiger partial charge in [-0.05, 0) is 36.8 Å². The van der Waals surface area contributed by atoms with Gasteiger partial charge >= 0.3 is 0 Å². The Kier molecular flexibility index (Phi) is 3.76. The molecule has 0 aliphatic rings. The van der Waals surface area contributed by atoms with Crippen LogP contribution in [0.5, 0.6) is 5.75 Å². The number of amides is 1. The van der Waals surface area contributed by atoms with E-state index in [4.69, 9.17) is 5.73 Å². The van der Waals surface area contributed by atoms with Gasteiger partial charge in [0.25, 0.3) is 5.91 Å². The maximum absolute atomic E-state index is 12.1. The molecular weight excluding hydrogens is 308 g/mol. The number of hydrogen-bond acceptors (Lipinski definition) is 3. The summed E-state index contributed by atoms with van der Waals surface area (Å²) in [4.78, 5) is 12.1. The van der Waals surface area contributed by atoms with Crippen LogP contribution in [0.25, 0.3) is 0 Å². The van der Waals surface area contributed by atoms with Crippen molar-refractivity contribution in [2.75, 3.05) is 11.1 Å². The Labute approximate surface area is 119 Å². The Morgan fingerprint density at radius 2 is 2.05 bits per heavy atom. The van der Waals surface area contributed by atoms with Gasteiger partial charge in [0, 0.05) is 10.2 Å². The maximum Gasteiger partial charge on any atom is 0.259 e. The lowest BCUT2D eigenvalue weighted by atomic mass is 10.1. The first-order valence-corrected chi connectivity index (χ1v) is 6.43. The SMILES string of the molecule is Cc1ccc(Br)cc1NC(=O)c1cccc(N)c1O. The third-order valence-corrected chi connectivity index (χ3v) is 3.25. The van der Waals surface area contributed by atoms with Gasteiger partial charge in [-0.1, -0.05) is 28.1 Å². The van der Waals surface area contributed by atoms with Gasteiger partial charge < -0.3 is 16.2 Å². The lowest BCUT2D eigenvalue weighted by molar-refractivity contribution is 0.102. The fourth-order valence-electron chi connectivity index (χ4n) is 1.66. The summed E-state index contributed by atoms with van der Waals surface area (Å²) in [7, 11) is 0. The zero-order valence-electron chi connectivity index (χ0n) is 10.3. The average Bonchev–Trinajstić information content (AvgIpc) is 2.37. The predicted molar refractivity (Wildman–Crippen MR) is 79.4 cm³/mol. The van der Waals surface area contributed by atoms with Crippen molar-refractivity contribution >= 4 is 33.2 Å². The van der Waals surface area contributed by atoms with Crippen molar-refractivity contribution in [3.63, 3.8) is 0 Å². The lowest BCUT2D eigenvalue weighted by Gasteiger charge is -2.10. The number of benzene rings is 2. The smallest absolute Gasteiger partial charge is 0.259 e. The molecule has 1 amide bonds. The summed E-state index contributed by atoms with van der Waals surface area (Å²) in [5, 5.41) is 12.5. The van der Waals surface area contributed by atoms with Crippen LogP contribution in [0, 0.1) is 6.92 Å². The second-order valence-electron chi connectivity index (χ2n) is 4.16. The van der Waals surface area contributed by atoms with E-state index >= 15 is 0 Å². The molecule has 0 aliphatic heterocycles. The molecule has 0 bridgehead atoms. The molecule has 2 aromatic carbocycles. The number of phenolic OH excluding ortho intramolecular Hbond substituents is 1. The number of carbonyl (C=O) groups is 1. The van der Waals surface area contributed by atoms with Crippen molar-refractivity contribution in [2.45, 2.75) is 6.92 Å². The molecule has 2 rings (SSSR count). The first kappa shape index (κ1) is 13.4. The largest absolute Gasteiger partial charge is 0.505 e. The van der Waals surface area contributed by atoms with Crippen molar-refractivity contribution < 1.29 is 9.90 Å². The zero-order valence-corrected chi connectivity index (χ0v) is 11.9. The number of anilines is 2. The normalized spacial score (nSPS) is 10.2. The molecule has 0 saturated carbocycles. The van der Waals surface area contributed by atoms with E-state index in [1.165, 1.54) is 12.1 Å². The van der Waals surface area contributed by atoms with Crippen LogP contribution in [0.1, 0.15) is 15.9 Å². The summed E-state index contributed by atoms with van der Waals surface area (Å²) >= 11 is 3.35. The Bertz CT molecular complexity index is 641. The molecule has 0 unspecified atom stereocenters. The van der Waals surface area contributed by atoms with Crippen LogP contribution in [-0.4, -0.2) is 11.0 Å². The first-order chi connectivity index (χ1) is 8.99. The highest BCUT2D eigenvalue weighted by atomic mass is 79.9. The van der Waals surface area contributed by atoms with Gasteiger partial charge in [-0.2, -0.15) is 0 Å². The van der Waals surface area contributed by atoms with Crippen LogP contribution in [0.2, 0.25) is 0 Å². The van der Waals surface area contributed by atoms with Gasteiger partial charge in [-0.3, -0.25) is 4.79 Å². The average molecular weight is 321 g/mol. The molecule has 0 spiro atoms. The minimum Gasteiger partial charge on any atom is -0.505 e. The Morgan fingerprint density at radius 3 is 2.79 bits per heavy atom. The highest BCUT2D eigenvalue weighted by Crippen LogP contribution is 2.26. The summed E-state index contributed by atoms with van der Waals surface area (Å²) in [6, 6.07) is 10.3. The van der Waals surface area contributed by atoms with Crippen molar-refractivity contribution in [1.29, 1.82) is 0 Å². The van der Waals surface area contributed by atoms with Gasteiger partial charge in [-0.25, -0.2) is 0 Å². The molecule has 4 nitrogen and oxygen atoms in total. The summed E-state index contributed by atoms with van der Waals surface area (Å²) in [6.45, 7) is 1.89. The van der Waals surface area contributed by atoms with Gasteiger partial charge in [0.05, 0.1) is 11.3 Å². The second-order valence-corrected chi connectivity index (χ2v) is 5.07. The number of aromatic hydroxyl groups is 1. The van der Waals surface area contributed by atoms with Gasteiger partial charge in [0.2, 0.25) is 0 Å². The van der Waals surface area contributed by atoms with Crippen molar-refractivity contribution in [1.82, 2.24) is 0 Å². The molecule has 0 radical (unpaired) electrons. The highest BCUT2D eigenvalue weighted by molar-refractivity contribution is 9.10. The van der Waals surface area contributed by atoms with Crippen molar-refractivity contribution in [3.8, 4) is 5.75 Å². The Morgan fingerprint density at radius 1 is 1.32 bits per heavy atom. The Balaban J connectivity index is 2.31. The van der Waals surface area contributed by atoms with Crippen molar-refractivity contribution in [3.05, 3.63) is 52.0 Å². The number of nitrogens with two attached hydrogens (primary N) is 1. The molecule has 98 valence electrons. The molecule has 0 aliphatic carbocycles. The monoisotopic (exact) mass is 320 g/mol. The van der Waals surface area contributed by atoms with E-state index in [-0.39, 0.29) is 17.0 Å². The number of aryl methyl sites for hydroxylation is 1. The van der Waals surface area contributed by atoms with E-state index in [0.717, 1.165) is 10.0 Å². The number of nitrogens with one attached hydrogen (secondary N) is 1. The number of para-hydroxylation sites is 1. The number of nitrogen functional groups attached to an aromatic ring is 1. The topological polar surface area (TPSA) is 75.4 Å². The van der Waals surface area contributed by atoms with Crippen LogP contribution >= 0.6 is 15.9 Å². The van der Waals surface area contributed by atoms with Crippen molar-refractivity contribution in [2.24, 2.45) is 0 Å². The van der Waals surface area contributed by atoms with E-state index < -0.39 is 5.91 Å². The number of hydrogen-bond donors (Lipinski definition) is 3. The summed E-state index contributed by atoms with van der Waals surface area (Å²) < 4.78 is 0.866. The zero-order chi connectivity index (χ0) is 14.0. The van der Waals surface area contributed by atoms with Gasteiger partial charge in [-0.15, -0.1) is 0 Å². The van der Waals surface area contributed by atoms with E-state index in [1.807, 2.05) is 19.1 Å². The summed E-state index contributed by atoms with van der Waals surface area (Å²) in [6.07, 6.45) is 0. The van der Waals surface area contributed by atoms with E-state index in [9.17, 15) is 9.90 Å². The third kappa shape index (κ3) is 2.88. The predicted octanol–water partition coefficient (Wildman–Crippen LogP) is 3.30. The number of phenols is 1. The van der Waals surface area contributed by atoms with E-state index in [1.54, 1.807) is 12.1 Å². The third-order valence-electron chi connectivity index (χ3n) is 2.76. The molecule has 19 heavy (non-hydrogen) atoms. The number of halogens is 1. The van der Waals surface area contributed by atoms with Crippen LogP contribution < -0.4 is 11.1 Å². The molecule has 2 aromatic rings. The molecule has 0 heterocycles. The lowest BCUT2D eigenvalue weighted by Crippen LogP contribution is -2.13. The van der Waals surface area contributed by atoms with Gasteiger partial charge in [0.15, 0.2) is 5.75 Å². The van der Waals surface area contributed by atoms with E-state index in [0.29, 0.717) is 5.69 Å². The first-order valence-electron chi connectivity index (χ1n) is 5.64. The number of rotatable bonds is 2. The summed E-state index contributed by atoms with van der Waals surface area (Å²) in [5.41, 5.74) is 7.51. The number of carbonyl (C=O) groups excluding carboxylic acids is 1. The molecule has 4 N–H and O–H groups in total. The Hall–Kier alpha value is -2.01. The standard InChI is InChI=1S/C14H13BrN2O2/c1-8-5-6-9(15)7-12(8)17-14(19)10-3-2-4-11(16)13(10)18/h2-7,18H,16H2,1H3,(H,17,19). The molecule has 0 saturated heterocycles. The minimum absolute atomic E-state index is 0.152. The molecule has 0 aromatic heterocycles. The van der Waals surface area contributed by atoms with E-state index in [2.05, 4.69) is 21.2 Å². The van der Waals surface area contributed by atoms with Gasteiger partial charge in [0.1, 0.15) is 0 Å². The minimum atomic E-state index is -0.397. The molecule has 5 heteroatoms. The summed E-state index contributed by atoms with van der Waals surface area (Å²) in [5.74, 6) is -0.598. The molecular formula is C14H13BrN2O2. The van der Waals surface area contributed by atoms with Crippen LogP contribution in [-0.2, 0) is 0 Å². The highest BCUT2D eigenvalue weighted by Gasteiger charge is 2.14. The fraction of sp³-hybridized carbons (Fsp3) is 0.0714.